The number of halogens is 1. The number of carbonyl (C=O) groups excluding carboxylic acids is 1. The lowest BCUT2D eigenvalue weighted by molar-refractivity contribution is -0.991. The maximum Gasteiger partial charge on any atom is 0.340 e. The van der Waals surface area contributed by atoms with Crippen molar-refractivity contribution in [3.05, 3.63) is 70.0 Å². The van der Waals surface area contributed by atoms with E-state index in [0.29, 0.717) is 53.2 Å². The van der Waals surface area contributed by atoms with E-state index in [1.807, 2.05) is 31.2 Å². The van der Waals surface area contributed by atoms with Crippen LogP contribution in [0.2, 0.25) is 5.02 Å². The molecule has 0 aliphatic rings. The molecule has 1 heterocycles. The van der Waals surface area contributed by atoms with Crippen LogP contribution in [0.25, 0.3) is 21.7 Å². The average molecular weight is 514 g/mol. The molecule has 1 atom stereocenters. The number of aromatic hydroxyl groups is 1. The number of quaternary nitrogens is 1. The number of carbonyl (C=O) groups is 1. The molecule has 0 saturated carbocycles. The van der Waals surface area contributed by atoms with E-state index in [1.165, 1.54) is 19.2 Å². The maximum absolute atomic E-state index is 13.0. The second kappa shape index (κ2) is 11.2. The normalized spacial score (nSPS) is 12.2. The summed E-state index contributed by atoms with van der Waals surface area (Å²) in [4.78, 5) is 13.0. The minimum Gasteiger partial charge on any atom is -0.595 e. The predicted octanol–water partition coefficient (Wildman–Crippen LogP) is 4.17. The van der Waals surface area contributed by atoms with Gasteiger partial charge >= 0.3 is 5.97 Å². The van der Waals surface area contributed by atoms with Gasteiger partial charge in [0.1, 0.15) is 12.4 Å². The van der Waals surface area contributed by atoms with Crippen LogP contribution in [0.15, 0.2) is 48.5 Å². The molecule has 9 nitrogen and oxygen atoms in total. The number of nitrogens with zero attached hydrogens (tertiary/aromatic N) is 1. The number of anilines is 1. The molecule has 1 aromatic heterocycles. The molecule has 0 radical (unpaired) electrons. The van der Waals surface area contributed by atoms with Gasteiger partial charge in [-0.25, -0.2) is 10.0 Å². The molecular formula is C26H28ClN3O6. The first-order valence-corrected chi connectivity index (χ1v) is 11.9. The first-order chi connectivity index (χ1) is 17.3. The Balaban J connectivity index is 1.63. The zero-order valence-electron chi connectivity index (χ0n) is 20.0. The predicted molar refractivity (Wildman–Crippen MR) is 138 cm³/mol. The largest absolute Gasteiger partial charge is 0.595 e. The SMILES string of the molecule is COCCOC(=O)c1c(C)n(CCCNc2ccc([NH+]([O-])O)cc2Cl)c2c1cc(O)c1ccccc12. The first-order valence-electron chi connectivity index (χ1n) is 11.5. The number of phenolic OH excluding ortho intramolecular Hbond substituents is 1. The Labute approximate surface area is 212 Å². The van der Waals surface area contributed by atoms with Crippen LogP contribution in [0.5, 0.6) is 5.75 Å². The Morgan fingerprint density at radius 2 is 1.89 bits per heavy atom. The van der Waals surface area contributed by atoms with Gasteiger partial charge in [-0.1, -0.05) is 35.9 Å². The summed E-state index contributed by atoms with van der Waals surface area (Å²) in [7, 11) is 1.54. The minimum absolute atomic E-state index is 0.0994. The van der Waals surface area contributed by atoms with Crippen molar-refractivity contribution in [1.29, 1.82) is 0 Å². The Kier molecular flexibility index (Phi) is 7.97. The lowest BCUT2D eigenvalue weighted by Crippen LogP contribution is -2.99. The van der Waals surface area contributed by atoms with Gasteiger partial charge in [-0.15, -0.1) is 0 Å². The minimum atomic E-state index is -1.03. The van der Waals surface area contributed by atoms with Gasteiger partial charge in [0.25, 0.3) is 0 Å². The Morgan fingerprint density at radius 1 is 1.14 bits per heavy atom. The van der Waals surface area contributed by atoms with Gasteiger partial charge in [0.05, 0.1) is 28.4 Å². The summed E-state index contributed by atoms with van der Waals surface area (Å²) in [5.74, 6) is -0.367. The maximum atomic E-state index is 13.0. The van der Waals surface area contributed by atoms with E-state index in [2.05, 4.69) is 9.88 Å². The molecule has 0 bridgehead atoms. The highest BCUT2D eigenvalue weighted by molar-refractivity contribution is 6.33. The van der Waals surface area contributed by atoms with Crippen LogP contribution in [0, 0.1) is 12.1 Å². The molecule has 190 valence electrons. The summed E-state index contributed by atoms with van der Waals surface area (Å²) in [6.07, 6.45) is 0.689. The molecule has 4 rings (SSSR count). The highest BCUT2D eigenvalue weighted by Gasteiger charge is 2.24. The number of nitrogens with one attached hydrogen (secondary N) is 2. The van der Waals surface area contributed by atoms with Crippen molar-refractivity contribution >= 4 is 50.6 Å². The van der Waals surface area contributed by atoms with E-state index in [0.717, 1.165) is 16.6 Å². The fraction of sp³-hybridized carbons (Fsp3) is 0.269. The number of methoxy groups -OCH3 is 1. The summed E-state index contributed by atoms with van der Waals surface area (Å²) in [5.41, 5.74) is 2.78. The van der Waals surface area contributed by atoms with Gasteiger partial charge in [-0.05, 0) is 25.5 Å². The number of aromatic nitrogens is 1. The summed E-state index contributed by atoms with van der Waals surface area (Å²) >= 11 is 6.23. The van der Waals surface area contributed by atoms with Gasteiger partial charge in [0.2, 0.25) is 0 Å². The number of ether oxygens (including phenoxy) is 2. The third-order valence-electron chi connectivity index (χ3n) is 6.11. The lowest BCUT2D eigenvalue weighted by Gasteiger charge is -2.15. The quantitative estimate of drug-likeness (QED) is 0.143. The molecule has 0 amide bonds. The molecule has 0 spiro atoms. The van der Waals surface area contributed by atoms with Crippen LogP contribution in [0.1, 0.15) is 22.5 Å². The number of rotatable bonds is 10. The molecule has 4 N–H and O–H groups in total. The van der Waals surface area contributed by atoms with Gasteiger partial charge in [0.15, 0.2) is 5.69 Å². The van der Waals surface area contributed by atoms with Crippen molar-refractivity contribution in [3.8, 4) is 5.75 Å². The van der Waals surface area contributed by atoms with Crippen LogP contribution >= 0.6 is 11.6 Å². The van der Waals surface area contributed by atoms with Crippen molar-refractivity contribution in [2.45, 2.75) is 19.9 Å². The fourth-order valence-corrected chi connectivity index (χ4v) is 4.65. The average Bonchev–Trinajstić information content (AvgIpc) is 3.13. The van der Waals surface area contributed by atoms with Crippen LogP contribution < -0.4 is 10.5 Å². The molecule has 0 aliphatic heterocycles. The third-order valence-corrected chi connectivity index (χ3v) is 6.43. The van der Waals surface area contributed by atoms with Crippen molar-refractivity contribution in [2.24, 2.45) is 0 Å². The van der Waals surface area contributed by atoms with Crippen LogP contribution in [-0.4, -0.2) is 47.7 Å². The summed E-state index contributed by atoms with van der Waals surface area (Å²) < 4.78 is 12.5. The standard InChI is InChI=1S/C26H28ClN3O6/c1-16-24(26(32)36-13-12-35-2)20-15-23(31)18-6-3-4-7-19(18)25(20)29(16)11-5-10-28-22-9-8-17(30(33)34)14-21(22)27/h3-4,6-9,14-15,28,30-31,33H,5,10-13H2,1-2H3. The lowest BCUT2D eigenvalue weighted by atomic mass is 10.0. The number of esters is 1. The monoisotopic (exact) mass is 513 g/mol. The Hall–Kier alpha value is -3.34. The second-order valence-electron chi connectivity index (χ2n) is 8.36. The highest BCUT2D eigenvalue weighted by atomic mass is 35.5. The highest BCUT2D eigenvalue weighted by Crippen LogP contribution is 2.37. The van der Waals surface area contributed by atoms with Gasteiger partial charge in [-0.2, -0.15) is 5.23 Å². The fourth-order valence-electron chi connectivity index (χ4n) is 4.40. The third kappa shape index (κ3) is 5.11. The van der Waals surface area contributed by atoms with E-state index in [-0.39, 0.29) is 18.0 Å². The zero-order valence-corrected chi connectivity index (χ0v) is 20.8. The second-order valence-corrected chi connectivity index (χ2v) is 8.77. The number of fused-ring (bicyclic) bond motifs is 3. The van der Waals surface area contributed by atoms with E-state index in [9.17, 15) is 15.1 Å². The van der Waals surface area contributed by atoms with Crippen molar-refractivity contribution in [2.75, 3.05) is 32.2 Å². The van der Waals surface area contributed by atoms with Crippen molar-refractivity contribution in [1.82, 2.24) is 4.57 Å². The molecule has 36 heavy (non-hydrogen) atoms. The summed E-state index contributed by atoms with van der Waals surface area (Å²) in [6, 6.07) is 13.7. The molecule has 0 saturated heterocycles. The molecule has 1 unspecified atom stereocenters. The van der Waals surface area contributed by atoms with E-state index >= 15 is 0 Å². The Morgan fingerprint density at radius 3 is 2.58 bits per heavy atom. The number of hydrogen-bond acceptors (Lipinski definition) is 7. The van der Waals surface area contributed by atoms with Gasteiger partial charge < -0.3 is 29.7 Å². The first kappa shape index (κ1) is 25.7. The van der Waals surface area contributed by atoms with Gasteiger partial charge in [0, 0.05) is 54.2 Å². The van der Waals surface area contributed by atoms with Crippen molar-refractivity contribution < 1.29 is 29.8 Å². The van der Waals surface area contributed by atoms with E-state index in [4.69, 9.17) is 26.3 Å². The van der Waals surface area contributed by atoms with E-state index in [1.54, 1.807) is 12.1 Å². The molecule has 3 aromatic carbocycles. The summed E-state index contributed by atoms with van der Waals surface area (Å²) in [6.45, 7) is 3.44. The smallest absolute Gasteiger partial charge is 0.340 e. The zero-order chi connectivity index (χ0) is 25.8. The molecular weight excluding hydrogens is 486 g/mol. The molecule has 10 heteroatoms. The Bertz CT molecular complexity index is 1400. The van der Waals surface area contributed by atoms with Crippen molar-refractivity contribution in [3.63, 3.8) is 0 Å². The van der Waals surface area contributed by atoms with E-state index < -0.39 is 11.2 Å². The van der Waals surface area contributed by atoms with Crippen LogP contribution in [0.3, 0.4) is 0 Å². The number of aryl methyl sites for hydroxylation is 1. The topological polar surface area (TPSA) is 120 Å². The number of phenols is 1. The summed E-state index contributed by atoms with van der Waals surface area (Å²) in [5, 5.41) is 35.6. The van der Waals surface area contributed by atoms with Crippen LogP contribution in [0.4, 0.5) is 11.4 Å². The molecule has 4 aromatic rings. The van der Waals surface area contributed by atoms with Crippen LogP contribution in [-0.2, 0) is 16.0 Å². The van der Waals surface area contributed by atoms with Gasteiger partial charge in [-0.3, -0.25) is 0 Å². The number of benzene rings is 3. The number of hydrogen-bond donors (Lipinski definition) is 4. The molecule has 0 fully saturated rings. The molecule has 0 aliphatic carbocycles.